The molecule has 6 heteroatoms. The van der Waals surface area contributed by atoms with Crippen molar-refractivity contribution in [3.8, 4) is 0 Å². The van der Waals surface area contributed by atoms with E-state index in [9.17, 15) is 14.9 Å². The van der Waals surface area contributed by atoms with Crippen LogP contribution in [-0.2, 0) is 0 Å². The topological polar surface area (TPSA) is 75.5 Å². The second kappa shape index (κ2) is 6.88. The molecule has 6 nitrogen and oxygen atoms in total. The minimum absolute atomic E-state index is 0.0448. The molecule has 2 aromatic rings. The van der Waals surface area contributed by atoms with Crippen LogP contribution in [0.25, 0.3) is 0 Å². The molecule has 1 N–H and O–H groups in total. The van der Waals surface area contributed by atoms with Gasteiger partial charge in [0.2, 0.25) is 0 Å². The highest BCUT2D eigenvalue weighted by molar-refractivity contribution is 6.09. The summed E-state index contributed by atoms with van der Waals surface area (Å²) in [6.45, 7) is 1.97. The highest BCUT2D eigenvalue weighted by Gasteiger charge is 2.34. The number of nitrogens with zero attached hydrogens (tertiary/aromatic N) is 2. The minimum atomic E-state index is -0.419. The first-order chi connectivity index (χ1) is 12.6. The number of likely N-dealkylation sites (tertiary alicyclic amines) is 1. The SMILES string of the molecule is O=C(c1ccccc1)c1ccc(N[C@H]2CCN(C3CC3)C2)c([N+](=O)[O-])c1. The molecule has 0 amide bonds. The molecular weight excluding hydrogens is 330 g/mol. The molecule has 2 aromatic carbocycles. The van der Waals surface area contributed by atoms with Gasteiger partial charge in [0.15, 0.2) is 5.78 Å². The van der Waals surface area contributed by atoms with Crippen LogP contribution >= 0.6 is 0 Å². The summed E-state index contributed by atoms with van der Waals surface area (Å²) < 4.78 is 0. The summed E-state index contributed by atoms with van der Waals surface area (Å²) in [5.41, 5.74) is 1.30. The van der Waals surface area contributed by atoms with E-state index < -0.39 is 4.92 Å². The molecule has 1 saturated heterocycles. The number of nitro groups is 1. The Balaban J connectivity index is 1.54. The molecule has 1 aliphatic heterocycles. The molecule has 0 spiro atoms. The Morgan fingerprint density at radius 1 is 1.08 bits per heavy atom. The number of benzene rings is 2. The summed E-state index contributed by atoms with van der Waals surface area (Å²) in [6.07, 6.45) is 3.52. The molecule has 2 aliphatic rings. The first-order valence-electron chi connectivity index (χ1n) is 9.00. The lowest BCUT2D eigenvalue weighted by Crippen LogP contribution is -2.27. The van der Waals surface area contributed by atoms with Crippen molar-refractivity contribution in [1.29, 1.82) is 0 Å². The molecule has 0 aromatic heterocycles. The average Bonchev–Trinajstić information content (AvgIpc) is 3.41. The van der Waals surface area contributed by atoms with Gasteiger partial charge in [-0.25, -0.2) is 0 Å². The van der Waals surface area contributed by atoms with Gasteiger partial charge < -0.3 is 5.32 Å². The highest BCUT2D eigenvalue weighted by Crippen LogP contribution is 2.32. The van der Waals surface area contributed by atoms with E-state index >= 15 is 0 Å². The third kappa shape index (κ3) is 3.46. The van der Waals surface area contributed by atoms with E-state index in [0.717, 1.165) is 19.5 Å². The van der Waals surface area contributed by atoms with Crippen LogP contribution in [0.2, 0.25) is 0 Å². The van der Waals surface area contributed by atoms with Crippen molar-refractivity contribution >= 4 is 17.2 Å². The Morgan fingerprint density at radius 2 is 1.85 bits per heavy atom. The molecule has 1 aliphatic carbocycles. The van der Waals surface area contributed by atoms with Gasteiger partial charge in [-0.1, -0.05) is 30.3 Å². The Kier molecular flexibility index (Phi) is 4.42. The van der Waals surface area contributed by atoms with Gasteiger partial charge in [-0.05, 0) is 31.4 Å². The van der Waals surface area contributed by atoms with Crippen LogP contribution in [0.4, 0.5) is 11.4 Å². The Bertz CT molecular complexity index is 833. The fraction of sp³-hybridized carbons (Fsp3) is 0.350. The van der Waals surface area contributed by atoms with Gasteiger partial charge in [0.25, 0.3) is 5.69 Å². The Hall–Kier alpha value is -2.73. The maximum Gasteiger partial charge on any atom is 0.293 e. The van der Waals surface area contributed by atoms with Gasteiger partial charge in [-0.15, -0.1) is 0 Å². The Labute approximate surface area is 152 Å². The average molecular weight is 351 g/mol. The van der Waals surface area contributed by atoms with Crippen molar-refractivity contribution in [3.05, 3.63) is 69.8 Å². The van der Waals surface area contributed by atoms with Crippen molar-refractivity contribution in [2.45, 2.75) is 31.3 Å². The molecule has 4 rings (SSSR count). The summed E-state index contributed by atoms with van der Waals surface area (Å²) in [5, 5.41) is 14.8. The number of ketones is 1. The van der Waals surface area contributed by atoms with Crippen molar-refractivity contribution in [2.24, 2.45) is 0 Å². The van der Waals surface area contributed by atoms with Crippen LogP contribution in [0.3, 0.4) is 0 Å². The molecule has 1 heterocycles. The molecule has 134 valence electrons. The van der Waals surface area contributed by atoms with Gasteiger partial charge in [-0.2, -0.15) is 0 Å². The van der Waals surface area contributed by atoms with Gasteiger partial charge in [0, 0.05) is 42.4 Å². The number of hydrogen-bond donors (Lipinski definition) is 1. The van der Waals surface area contributed by atoms with Crippen LogP contribution in [0.1, 0.15) is 35.2 Å². The number of carbonyl (C=O) groups excluding carboxylic acids is 1. The van der Waals surface area contributed by atoms with E-state index in [2.05, 4.69) is 10.2 Å². The zero-order chi connectivity index (χ0) is 18.1. The second-order valence-corrected chi connectivity index (χ2v) is 7.04. The number of rotatable bonds is 6. The molecule has 26 heavy (non-hydrogen) atoms. The lowest BCUT2D eigenvalue weighted by molar-refractivity contribution is -0.384. The van der Waals surface area contributed by atoms with Crippen LogP contribution in [0.15, 0.2) is 48.5 Å². The maximum absolute atomic E-state index is 12.6. The molecule has 1 saturated carbocycles. The van der Waals surface area contributed by atoms with Crippen molar-refractivity contribution in [1.82, 2.24) is 4.90 Å². The van der Waals surface area contributed by atoms with Crippen molar-refractivity contribution in [3.63, 3.8) is 0 Å². The predicted octanol–water partition coefficient (Wildman–Crippen LogP) is 3.47. The summed E-state index contributed by atoms with van der Waals surface area (Å²) in [7, 11) is 0. The van der Waals surface area contributed by atoms with Crippen LogP contribution < -0.4 is 5.32 Å². The number of carbonyl (C=O) groups is 1. The van der Waals surface area contributed by atoms with Crippen molar-refractivity contribution < 1.29 is 9.72 Å². The fourth-order valence-electron chi connectivity index (χ4n) is 3.60. The highest BCUT2D eigenvalue weighted by atomic mass is 16.6. The zero-order valence-corrected chi connectivity index (χ0v) is 14.4. The van der Waals surface area contributed by atoms with Gasteiger partial charge in [-0.3, -0.25) is 19.8 Å². The predicted molar refractivity (Wildman–Crippen MR) is 99.6 cm³/mol. The summed E-state index contributed by atoms with van der Waals surface area (Å²) in [6, 6.07) is 14.5. The first-order valence-corrected chi connectivity index (χ1v) is 9.00. The van der Waals surface area contributed by atoms with E-state index in [0.29, 0.717) is 22.9 Å². The van der Waals surface area contributed by atoms with E-state index in [1.165, 1.54) is 18.9 Å². The summed E-state index contributed by atoms with van der Waals surface area (Å²) >= 11 is 0. The normalized spacial score (nSPS) is 20.1. The summed E-state index contributed by atoms with van der Waals surface area (Å²) in [5.74, 6) is -0.207. The first kappa shape index (κ1) is 16.7. The number of hydrogen-bond acceptors (Lipinski definition) is 5. The lowest BCUT2D eigenvalue weighted by atomic mass is 10.0. The standard InChI is InChI=1S/C20H21N3O3/c24-20(14-4-2-1-3-5-14)15-6-9-18(19(12-15)23(25)26)21-16-10-11-22(13-16)17-7-8-17/h1-6,9,12,16-17,21H,7-8,10-11,13H2/t16-/m0/s1. The molecular formula is C20H21N3O3. The van der Waals surface area contributed by atoms with E-state index in [1.54, 1.807) is 36.4 Å². The Morgan fingerprint density at radius 3 is 2.54 bits per heavy atom. The zero-order valence-electron chi connectivity index (χ0n) is 14.4. The number of nitrogens with one attached hydrogen (secondary N) is 1. The fourth-order valence-corrected chi connectivity index (χ4v) is 3.60. The third-order valence-electron chi connectivity index (χ3n) is 5.14. The van der Waals surface area contributed by atoms with Gasteiger partial charge in [0.05, 0.1) is 4.92 Å². The second-order valence-electron chi connectivity index (χ2n) is 7.04. The van der Waals surface area contributed by atoms with Crippen LogP contribution in [0.5, 0.6) is 0 Å². The molecule has 2 fully saturated rings. The van der Waals surface area contributed by atoms with Gasteiger partial charge in [0.1, 0.15) is 5.69 Å². The largest absolute Gasteiger partial charge is 0.375 e. The van der Waals surface area contributed by atoms with E-state index in [1.807, 2.05) is 6.07 Å². The molecule has 0 unspecified atom stereocenters. The van der Waals surface area contributed by atoms with E-state index in [4.69, 9.17) is 0 Å². The number of nitro benzene ring substituents is 1. The van der Waals surface area contributed by atoms with Crippen LogP contribution in [-0.4, -0.2) is 40.8 Å². The molecule has 1 atom stereocenters. The lowest BCUT2D eigenvalue weighted by Gasteiger charge is -2.17. The molecule has 0 bridgehead atoms. The van der Waals surface area contributed by atoms with Crippen molar-refractivity contribution in [2.75, 3.05) is 18.4 Å². The van der Waals surface area contributed by atoms with Gasteiger partial charge >= 0.3 is 0 Å². The minimum Gasteiger partial charge on any atom is -0.375 e. The quantitative estimate of drug-likeness (QED) is 0.490. The third-order valence-corrected chi connectivity index (χ3v) is 5.14. The molecule has 0 radical (unpaired) electrons. The maximum atomic E-state index is 12.6. The smallest absolute Gasteiger partial charge is 0.293 e. The number of anilines is 1. The van der Waals surface area contributed by atoms with E-state index in [-0.39, 0.29) is 17.5 Å². The monoisotopic (exact) mass is 351 g/mol. The summed E-state index contributed by atoms with van der Waals surface area (Å²) in [4.78, 5) is 26.1. The van der Waals surface area contributed by atoms with Crippen LogP contribution in [0, 0.1) is 10.1 Å².